The summed E-state index contributed by atoms with van der Waals surface area (Å²) in [5, 5.41) is 24.4. The zero-order chi connectivity index (χ0) is 17.3. The first-order chi connectivity index (χ1) is 11.5. The number of nitrogens with one attached hydrogen (secondary N) is 1. The Bertz CT molecular complexity index is 994. The van der Waals surface area contributed by atoms with E-state index in [0.717, 1.165) is 22.9 Å². The topological polar surface area (TPSA) is 88.2 Å². The second-order valence-electron chi connectivity index (χ2n) is 4.79. The van der Waals surface area contributed by atoms with Gasteiger partial charge in [-0.1, -0.05) is 6.07 Å². The van der Waals surface area contributed by atoms with Crippen molar-refractivity contribution in [2.24, 2.45) is 0 Å². The third kappa shape index (κ3) is 2.61. The van der Waals surface area contributed by atoms with Gasteiger partial charge in [-0.15, -0.1) is 11.3 Å². The smallest absolute Gasteiger partial charge is 0.292 e. The Morgan fingerprint density at radius 2 is 2.17 bits per heavy atom. The lowest BCUT2D eigenvalue weighted by molar-refractivity contribution is -0.384. The van der Waals surface area contributed by atoms with Crippen LogP contribution in [0.2, 0.25) is 0 Å². The summed E-state index contributed by atoms with van der Waals surface area (Å²) in [5.41, 5.74) is 0.0118. The second-order valence-corrected chi connectivity index (χ2v) is 5.85. The monoisotopic (exact) mass is 343 g/mol. The van der Waals surface area contributed by atoms with Crippen molar-refractivity contribution in [3.63, 3.8) is 0 Å². The summed E-state index contributed by atoms with van der Waals surface area (Å²) in [7, 11) is 1.50. The molecular weight excluding hydrogens is 333 g/mol. The van der Waals surface area contributed by atoms with Gasteiger partial charge in [0.25, 0.3) is 5.69 Å². The van der Waals surface area contributed by atoms with Crippen LogP contribution in [0.3, 0.4) is 0 Å². The van der Waals surface area contributed by atoms with Gasteiger partial charge < -0.3 is 10.1 Å². The molecule has 0 aliphatic rings. The first kappa shape index (κ1) is 15.7. The first-order valence-electron chi connectivity index (χ1n) is 6.75. The summed E-state index contributed by atoms with van der Waals surface area (Å²) in [5.74, 6) is -0.0811. The molecule has 120 valence electrons. The first-order valence-corrected chi connectivity index (χ1v) is 7.57. The number of benzene rings is 2. The van der Waals surface area contributed by atoms with Crippen LogP contribution in [-0.4, -0.2) is 12.0 Å². The van der Waals surface area contributed by atoms with Crippen LogP contribution in [0.5, 0.6) is 5.75 Å². The molecule has 1 heterocycles. The lowest BCUT2D eigenvalue weighted by atomic mass is 10.1. The molecule has 0 unspecified atom stereocenters. The van der Waals surface area contributed by atoms with Crippen molar-refractivity contribution < 1.29 is 14.1 Å². The number of anilines is 2. The number of nitro benzene ring substituents is 1. The van der Waals surface area contributed by atoms with Crippen molar-refractivity contribution in [1.82, 2.24) is 0 Å². The average molecular weight is 343 g/mol. The predicted octanol–water partition coefficient (Wildman–Crippen LogP) is 4.57. The zero-order valence-electron chi connectivity index (χ0n) is 12.4. The number of nitrogens with zero attached hydrogens (tertiary/aromatic N) is 2. The molecule has 0 radical (unpaired) electrons. The molecule has 0 saturated carbocycles. The van der Waals surface area contributed by atoms with Crippen LogP contribution in [0.1, 0.15) is 5.56 Å². The number of hydrogen-bond acceptors (Lipinski definition) is 6. The number of ether oxygens (including phenoxy) is 1. The van der Waals surface area contributed by atoms with Crippen molar-refractivity contribution in [3.8, 4) is 11.8 Å². The number of nitro groups is 1. The summed E-state index contributed by atoms with van der Waals surface area (Å²) in [6, 6.07) is 10.5. The fraction of sp³-hybridized carbons (Fsp3) is 0.0625. The summed E-state index contributed by atoms with van der Waals surface area (Å²) in [4.78, 5) is 10.5. The number of nitriles is 1. The van der Waals surface area contributed by atoms with E-state index in [-0.39, 0.29) is 11.4 Å². The molecule has 0 saturated heterocycles. The van der Waals surface area contributed by atoms with Crippen LogP contribution < -0.4 is 10.1 Å². The van der Waals surface area contributed by atoms with E-state index in [4.69, 9.17) is 4.74 Å². The van der Waals surface area contributed by atoms with Gasteiger partial charge in [-0.05, 0) is 18.2 Å². The van der Waals surface area contributed by atoms with Gasteiger partial charge >= 0.3 is 0 Å². The average Bonchev–Trinajstić information content (AvgIpc) is 2.91. The lowest BCUT2D eigenvalue weighted by Gasteiger charge is -2.06. The third-order valence-electron chi connectivity index (χ3n) is 3.41. The van der Waals surface area contributed by atoms with E-state index in [0.29, 0.717) is 21.7 Å². The molecule has 0 fully saturated rings. The molecule has 0 aliphatic heterocycles. The van der Waals surface area contributed by atoms with Crippen LogP contribution in [0.4, 0.5) is 20.8 Å². The highest BCUT2D eigenvalue weighted by Crippen LogP contribution is 2.42. The predicted molar refractivity (Wildman–Crippen MR) is 89.4 cm³/mol. The number of fused-ring (bicyclic) bond motifs is 1. The Balaban J connectivity index is 2.17. The highest BCUT2D eigenvalue weighted by Gasteiger charge is 2.20. The maximum Gasteiger partial charge on any atom is 0.292 e. The van der Waals surface area contributed by atoms with Crippen molar-refractivity contribution in [2.75, 3.05) is 12.4 Å². The van der Waals surface area contributed by atoms with Crippen LogP contribution in [-0.2, 0) is 0 Å². The molecule has 0 bridgehead atoms. The summed E-state index contributed by atoms with van der Waals surface area (Å²) < 4.78 is 19.5. The maximum atomic E-state index is 13.5. The van der Waals surface area contributed by atoms with Gasteiger partial charge in [-0.2, -0.15) is 5.26 Å². The standard InChI is InChI=1S/C16H10FN3O3S/c1-23-13-3-2-4-14-15(13)10(8-18)16(24-14)19-11-7-9(17)5-6-12(11)20(21)22/h2-7,19H,1H3. The SMILES string of the molecule is COc1cccc2sc(Nc3cc(F)ccc3[N+](=O)[O-])c(C#N)c12. The summed E-state index contributed by atoms with van der Waals surface area (Å²) in [6.45, 7) is 0. The molecule has 0 amide bonds. The maximum absolute atomic E-state index is 13.5. The number of halogens is 1. The van der Waals surface area contributed by atoms with Crippen molar-refractivity contribution in [1.29, 1.82) is 5.26 Å². The largest absolute Gasteiger partial charge is 0.496 e. The van der Waals surface area contributed by atoms with Gasteiger partial charge in [0.1, 0.15) is 28.3 Å². The molecule has 1 N–H and O–H groups in total. The van der Waals surface area contributed by atoms with Gasteiger partial charge in [-0.25, -0.2) is 4.39 Å². The molecule has 1 aromatic heterocycles. The zero-order valence-corrected chi connectivity index (χ0v) is 13.2. The normalized spacial score (nSPS) is 10.4. The van der Waals surface area contributed by atoms with E-state index in [2.05, 4.69) is 11.4 Å². The van der Waals surface area contributed by atoms with Gasteiger partial charge in [-0.3, -0.25) is 10.1 Å². The number of methoxy groups -OCH3 is 1. The van der Waals surface area contributed by atoms with Crippen LogP contribution in [0.15, 0.2) is 36.4 Å². The van der Waals surface area contributed by atoms with Crippen molar-refractivity contribution >= 4 is 37.8 Å². The summed E-state index contributed by atoms with van der Waals surface area (Å²) in [6.07, 6.45) is 0. The molecule has 2 aromatic carbocycles. The molecule has 0 aliphatic carbocycles. The molecule has 0 spiro atoms. The number of thiophene rings is 1. The fourth-order valence-corrected chi connectivity index (χ4v) is 3.45. The molecular formula is C16H10FN3O3S. The summed E-state index contributed by atoms with van der Waals surface area (Å²) >= 11 is 1.24. The van der Waals surface area contributed by atoms with Crippen molar-refractivity contribution in [2.45, 2.75) is 0 Å². The molecule has 3 rings (SSSR count). The van der Waals surface area contributed by atoms with Gasteiger partial charge in [0.05, 0.1) is 23.0 Å². The minimum Gasteiger partial charge on any atom is -0.496 e. The Labute approximate surface area is 139 Å². The fourth-order valence-electron chi connectivity index (χ4n) is 2.37. The lowest BCUT2D eigenvalue weighted by Crippen LogP contribution is -1.97. The Morgan fingerprint density at radius 1 is 1.38 bits per heavy atom. The quantitative estimate of drug-likeness (QED) is 0.553. The van der Waals surface area contributed by atoms with Crippen molar-refractivity contribution in [3.05, 3.63) is 57.9 Å². The molecule has 6 nitrogen and oxygen atoms in total. The van der Waals surface area contributed by atoms with E-state index >= 15 is 0 Å². The Morgan fingerprint density at radius 3 is 2.83 bits per heavy atom. The van der Waals surface area contributed by atoms with E-state index in [1.165, 1.54) is 18.4 Å². The molecule has 0 atom stereocenters. The van der Waals surface area contributed by atoms with E-state index < -0.39 is 10.7 Å². The van der Waals surface area contributed by atoms with Crippen LogP contribution >= 0.6 is 11.3 Å². The Kier molecular flexibility index (Phi) is 4.02. The van der Waals surface area contributed by atoms with Gasteiger partial charge in [0, 0.05) is 16.8 Å². The highest BCUT2D eigenvalue weighted by atomic mass is 32.1. The number of hydrogen-bond donors (Lipinski definition) is 1. The third-order valence-corrected chi connectivity index (χ3v) is 4.48. The molecule has 3 aromatic rings. The minimum absolute atomic E-state index is 0.0120. The van der Waals surface area contributed by atoms with E-state index in [1.807, 2.05) is 6.07 Å². The van der Waals surface area contributed by atoms with Gasteiger partial charge in [0.2, 0.25) is 0 Å². The van der Waals surface area contributed by atoms with Crippen LogP contribution in [0, 0.1) is 27.3 Å². The number of rotatable bonds is 4. The Hall–Kier alpha value is -3.18. The van der Waals surface area contributed by atoms with Crippen LogP contribution in [0.25, 0.3) is 10.1 Å². The van der Waals surface area contributed by atoms with E-state index in [9.17, 15) is 19.8 Å². The molecule has 8 heteroatoms. The second kappa shape index (κ2) is 6.14. The van der Waals surface area contributed by atoms with E-state index in [1.54, 1.807) is 12.1 Å². The molecule has 24 heavy (non-hydrogen) atoms. The van der Waals surface area contributed by atoms with Gasteiger partial charge in [0.15, 0.2) is 0 Å². The minimum atomic E-state index is -0.611. The highest BCUT2D eigenvalue weighted by molar-refractivity contribution is 7.23.